The smallest absolute Gasteiger partial charge is 0.294 e. The molecule has 4 rings (SSSR count). The Labute approximate surface area is 195 Å². The number of hydrogen-bond donors (Lipinski definition) is 2. The van der Waals surface area contributed by atoms with Gasteiger partial charge in [0.15, 0.2) is 11.5 Å². The van der Waals surface area contributed by atoms with E-state index in [0.29, 0.717) is 27.7 Å². The number of halogens is 2. The summed E-state index contributed by atoms with van der Waals surface area (Å²) in [5.41, 5.74) is 1.89. The number of hydrogen-bond acceptors (Lipinski definition) is 4. The van der Waals surface area contributed by atoms with Gasteiger partial charge in [-0.15, -0.1) is 0 Å². The number of anilines is 1. The lowest BCUT2D eigenvalue weighted by molar-refractivity contribution is -0.118. The number of ketones is 1. The summed E-state index contributed by atoms with van der Waals surface area (Å²) in [5, 5.41) is 21.1. The molecule has 1 amide bonds. The van der Waals surface area contributed by atoms with Crippen LogP contribution in [0.3, 0.4) is 0 Å². The second kappa shape index (κ2) is 9.07. The maximum absolute atomic E-state index is 13.2. The summed E-state index contributed by atoms with van der Waals surface area (Å²) in [7, 11) is 0. The Balaban J connectivity index is 1.75. The minimum Gasteiger partial charge on any atom is -0.508 e. The van der Waals surface area contributed by atoms with Gasteiger partial charge in [0.1, 0.15) is 5.75 Å². The second-order valence-corrected chi connectivity index (χ2v) is 8.34. The average Bonchev–Trinajstić information content (AvgIpc) is 3.03. The molecule has 1 heterocycles. The van der Waals surface area contributed by atoms with Crippen molar-refractivity contribution in [3.63, 3.8) is 0 Å². The molecule has 1 aliphatic heterocycles. The SMILES string of the molecule is O=C(CCc1ccccc1)C1=C(O)C(=O)N(c2cc(Cl)cc(Cl)c2)C1c1ccc(O)cc1. The fraction of sp³-hybridized carbons (Fsp3) is 0.120. The zero-order valence-corrected chi connectivity index (χ0v) is 18.3. The molecule has 5 nitrogen and oxygen atoms in total. The number of phenolic OH excluding ortho intramolecular Hbond substituents is 1. The number of nitrogens with zero attached hydrogens (tertiary/aromatic N) is 1. The number of aliphatic hydroxyl groups is 1. The number of carbonyl (C=O) groups excluding carboxylic acids is 2. The maximum Gasteiger partial charge on any atom is 0.294 e. The average molecular weight is 468 g/mol. The molecule has 162 valence electrons. The van der Waals surface area contributed by atoms with Gasteiger partial charge in [0, 0.05) is 22.2 Å². The number of phenols is 1. The van der Waals surface area contributed by atoms with Crippen LogP contribution in [0, 0.1) is 0 Å². The predicted molar refractivity (Wildman–Crippen MR) is 124 cm³/mol. The molecular formula is C25H19Cl2NO4. The summed E-state index contributed by atoms with van der Waals surface area (Å²) in [6.07, 6.45) is 0.589. The Morgan fingerprint density at radius 2 is 1.53 bits per heavy atom. The van der Waals surface area contributed by atoms with E-state index in [2.05, 4.69) is 0 Å². The molecule has 0 bridgehead atoms. The van der Waals surface area contributed by atoms with Crippen LogP contribution in [0.5, 0.6) is 5.75 Å². The van der Waals surface area contributed by atoms with Crippen molar-refractivity contribution in [2.24, 2.45) is 0 Å². The molecule has 0 spiro atoms. The fourth-order valence-electron chi connectivity index (χ4n) is 3.84. The van der Waals surface area contributed by atoms with Crippen LogP contribution in [0.15, 0.2) is 84.1 Å². The third-order valence-corrected chi connectivity index (χ3v) is 5.76. The minimum atomic E-state index is -0.888. The van der Waals surface area contributed by atoms with Gasteiger partial charge in [-0.25, -0.2) is 0 Å². The highest BCUT2D eigenvalue weighted by Gasteiger charge is 2.44. The summed E-state index contributed by atoms with van der Waals surface area (Å²) in [6, 6.07) is 19.4. The largest absolute Gasteiger partial charge is 0.508 e. The number of benzene rings is 3. The molecule has 0 saturated carbocycles. The minimum absolute atomic E-state index is 0.00715. The van der Waals surface area contributed by atoms with E-state index in [1.165, 1.54) is 23.1 Å². The van der Waals surface area contributed by atoms with E-state index in [4.69, 9.17) is 23.2 Å². The first-order chi connectivity index (χ1) is 15.3. The van der Waals surface area contributed by atoms with E-state index >= 15 is 0 Å². The van der Waals surface area contributed by atoms with Crippen molar-refractivity contribution in [2.45, 2.75) is 18.9 Å². The van der Waals surface area contributed by atoms with Gasteiger partial charge in [0.05, 0.1) is 11.6 Å². The summed E-state index contributed by atoms with van der Waals surface area (Å²) in [5.74, 6) is -1.62. The van der Waals surface area contributed by atoms with Crippen molar-refractivity contribution in [2.75, 3.05) is 4.90 Å². The summed E-state index contributed by atoms with van der Waals surface area (Å²) in [4.78, 5) is 27.6. The maximum atomic E-state index is 13.2. The molecule has 3 aromatic carbocycles. The Kier molecular flexibility index (Phi) is 6.21. The lowest BCUT2D eigenvalue weighted by Crippen LogP contribution is -2.31. The number of rotatable bonds is 6. The number of aromatic hydroxyl groups is 1. The van der Waals surface area contributed by atoms with Gasteiger partial charge in [-0.2, -0.15) is 0 Å². The number of aryl methyl sites for hydroxylation is 1. The van der Waals surface area contributed by atoms with Crippen molar-refractivity contribution in [3.8, 4) is 5.75 Å². The van der Waals surface area contributed by atoms with Gasteiger partial charge in [0.25, 0.3) is 5.91 Å². The summed E-state index contributed by atoms with van der Waals surface area (Å²) < 4.78 is 0. The summed E-state index contributed by atoms with van der Waals surface area (Å²) >= 11 is 12.3. The standard InChI is InChI=1S/C25H19Cl2NO4/c26-17-12-18(27)14-19(13-17)28-23(16-7-9-20(29)10-8-16)22(24(31)25(28)32)21(30)11-6-15-4-2-1-3-5-15/h1-5,7-10,12-14,23,29,31H,6,11H2. The molecule has 32 heavy (non-hydrogen) atoms. The first kappa shape index (κ1) is 21.9. The normalized spacial score (nSPS) is 16.0. The van der Waals surface area contributed by atoms with Crippen molar-refractivity contribution < 1.29 is 19.8 Å². The molecule has 0 aliphatic carbocycles. The Morgan fingerprint density at radius 1 is 0.906 bits per heavy atom. The van der Waals surface area contributed by atoms with E-state index in [1.54, 1.807) is 24.3 Å². The van der Waals surface area contributed by atoms with Crippen molar-refractivity contribution >= 4 is 40.6 Å². The Bertz CT molecular complexity index is 1190. The van der Waals surface area contributed by atoms with Crippen LogP contribution in [0.25, 0.3) is 0 Å². The van der Waals surface area contributed by atoms with E-state index in [9.17, 15) is 19.8 Å². The topological polar surface area (TPSA) is 77.8 Å². The number of carbonyl (C=O) groups is 2. The quantitative estimate of drug-likeness (QED) is 0.479. The molecule has 1 unspecified atom stereocenters. The Hall–Kier alpha value is -3.28. The van der Waals surface area contributed by atoms with Crippen molar-refractivity contribution in [1.82, 2.24) is 0 Å². The molecule has 2 N–H and O–H groups in total. The summed E-state index contributed by atoms with van der Waals surface area (Å²) in [6.45, 7) is 0. The van der Waals surface area contributed by atoms with Crippen LogP contribution in [-0.2, 0) is 16.0 Å². The van der Waals surface area contributed by atoms with Gasteiger partial charge in [-0.3, -0.25) is 14.5 Å². The first-order valence-corrected chi connectivity index (χ1v) is 10.7. The van der Waals surface area contributed by atoms with E-state index in [1.807, 2.05) is 30.3 Å². The molecule has 1 aliphatic rings. The molecule has 1 atom stereocenters. The first-order valence-electron chi connectivity index (χ1n) is 9.94. The third-order valence-electron chi connectivity index (χ3n) is 5.33. The third kappa shape index (κ3) is 4.35. The highest BCUT2D eigenvalue weighted by molar-refractivity contribution is 6.35. The van der Waals surface area contributed by atoms with Crippen LogP contribution in [0.1, 0.15) is 23.6 Å². The number of aliphatic hydroxyl groups excluding tert-OH is 1. The van der Waals surface area contributed by atoms with Gasteiger partial charge < -0.3 is 10.2 Å². The van der Waals surface area contributed by atoms with Crippen molar-refractivity contribution in [1.29, 1.82) is 0 Å². The zero-order chi connectivity index (χ0) is 22.8. The van der Waals surface area contributed by atoms with E-state index in [-0.39, 0.29) is 23.5 Å². The van der Waals surface area contributed by atoms with Gasteiger partial charge in [-0.1, -0.05) is 65.7 Å². The molecule has 0 aromatic heterocycles. The highest BCUT2D eigenvalue weighted by atomic mass is 35.5. The predicted octanol–water partition coefficient (Wildman–Crippen LogP) is 5.80. The van der Waals surface area contributed by atoms with Crippen LogP contribution in [0.2, 0.25) is 10.0 Å². The molecular weight excluding hydrogens is 449 g/mol. The molecule has 0 fully saturated rings. The van der Waals surface area contributed by atoms with Crippen LogP contribution < -0.4 is 4.90 Å². The lowest BCUT2D eigenvalue weighted by atomic mass is 9.93. The van der Waals surface area contributed by atoms with Crippen LogP contribution >= 0.6 is 23.2 Å². The van der Waals surface area contributed by atoms with E-state index in [0.717, 1.165) is 5.56 Å². The van der Waals surface area contributed by atoms with Crippen molar-refractivity contribution in [3.05, 3.63) is 105 Å². The molecule has 7 heteroatoms. The Morgan fingerprint density at radius 3 is 2.16 bits per heavy atom. The molecule has 0 radical (unpaired) electrons. The monoisotopic (exact) mass is 467 g/mol. The van der Waals surface area contributed by atoms with Crippen LogP contribution in [0.4, 0.5) is 5.69 Å². The van der Waals surface area contributed by atoms with Gasteiger partial charge >= 0.3 is 0 Å². The highest BCUT2D eigenvalue weighted by Crippen LogP contribution is 2.43. The van der Waals surface area contributed by atoms with E-state index < -0.39 is 17.7 Å². The van der Waals surface area contributed by atoms with Gasteiger partial charge in [-0.05, 0) is 47.9 Å². The zero-order valence-electron chi connectivity index (χ0n) is 16.8. The second-order valence-electron chi connectivity index (χ2n) is 7.47. The number of Topliss-reactive ketones (excluding diaryl/α,β-unsaturated/α-hetero) is 1. The molecule has 0 saturated heterocycles. The van der Waals surface area contributed by atoms with Gasteiger partial charge in [0.2, 0.25) is 0 Å². The van der Waals surface area contributed by atoms with Crippen LogP contribution in [-0.4, -0.2) is 21.9 Å². The molecule has 3 aromatic rings. The fourth-order valence-corrected chi connectivity index (χ4v) is 4.36. The lowest BCUT2D eigenvalue weighted by Gasteiger charge is -2.27. The number of amides is 1.